The number of carbonyl (C=O) groups excluding carboxylic acids is 2. The predicted molar refractivity (Wildman–Crippen MR) is 71.0 cm³/mol. The average Bonchev–Trinajstić information content (AvgIpc) is 2.29. The van der Waals surface area contributed by atoms with Crippen LogP contribution < -0.4 is 5.32 Å². The first-order chi connectivity index (χ1) is 8.15. The monoisotopic (exact) mass is 258 g/mol. The number of rotatable bonds is 7. The molecule has 1 aliphatic rings. The van der Waals surface area contributed by atoms with E-state index in [1.54, 1.807) is 11.8 Å². The topological polar surface area (TPSA) is 49.4 Å². The summed E-state index contributed by atoms with van der Waals surface area (Å²) in [6.07, 6.45) is 6.71. The van der Waals surface area contributed by atoms with Crippen LogP contribution in [0, 0.1) is 0 Å². The third kappa shape index (κ3) is 4.98. The summed E-state index contributed by atoms with van der Waals surface area (Å²) in [6, 6.07) is -0.354. The third-order valence-corrected chi connectivity index (χ3v) is 3.62. The number of hydrogen-bond donors (Lipinski definition) is 1. The zero-order chi connectivity index (χ0) is 12.7. The Labute approximate surface area is 108 Å². The van der Waals surface area contributed by atoms with Gasteiger partial charge in [-0.3, -0.25) is 9.59 Å². The lowest BCUT2D eigenvalue weighted by atomic mass is 10.1. The predicted octanol–water partition coefficient (Wildman–Crippen LogP) is 1.26. The molecule has 1 saturated heterocycles. The molecule has 1 N–H and O–H groups in total. The molecule has 5 heteroatoms. The van der Waals surface area contributed by atoms with Crippen molar-refractivity contribution < 1.29 is 9.59 Å². The Hall–Kier alpha value is -0.710. The SMILES string of the molecule is CSCCCCCCN1CC(=O)NC(C)C1=O. The minimum atomic E-state index is -0.354. The van der Waals surface area contributed by atoms with Gasteiger partial charge in [0.05, 0.1) is 6.54 Å². The van der Waals surface area contributed by atoms with E-state index in [-0.39, 0.29) is 24.4 Å². The minimum Gasteiger partial charge on any atom is -0.343 e. The van der Waals surface area contributed by atoms with Crippen molar-refractivity contribution in [2.45, 2.75) is 38.6 Å². The van der Waals surface area contributed by atoms with Gasteiger partial charge in [-0.2, -0.15) is 11.8 Å². The van der Waals surface area contributed by atoms with Gasteiger partial charge >= 0.3 is 0 Å². The fourth-order valence-corrected chi connectivity index (χ4v) is 2.46. The molecule has 0 spiro atoms. The normalized spacial score (nSPS) is 20.6. The highest BCUT2D eigenvalue weighted by molar-refractivity contribution is 7.98. The number of hydrogen-bond acceptors (Lipinski definition) is 3. The van der Waals surface area contributed by atoms with E-state index < -0.39 is 0 Å². The number of nitrogens with zero attached hydrogens (tertiary/aromatic N) is 1. The maximum Gasteiger partial charge on any atom is 0.245 e. The lowest BCUT2D eigenvalue weighted by molar-refractivity contribution is -0.143. The molecule has 0 aliphatic carbocycles. The number of piperazine rings is 1. The second-order valence-electron chi connectivity index (χ2n) is 4.46. The Morgan fingerprint density at radius 3 is 2.71 bits per heavy atom. The van der Waals surface area contributed by atoms with Crippen molar-refractivity contribution in [2.24, 2.45) is 0 Å². The van der Waals surface area contributed by atoms with Gasteiger partial charge in [0.2, 0.25) is 11.8 Å². The summed E-state index contributed by atoms with van der Waals surface area (Å²) in [4.78, 5) is 24.7. The summed E-state index contributed by atoms with van der Waals surface area (Å²) < 4.78 is 0. The van der Waals surface area contributed by atoms with Crippen molar-refractivity contribution in [1.29, 1.82) is 0 Å². The molecule has 98 valence electrons. The van der Waals surface area contributed by atoms with Crippen LogP contribution in [0.2, 0.25) is 0 Å². The highest BCUT2D eigenvalue weighted by Crippen LogP contribution is 2.08. The summed E-state index contributed by atoms with van der Waals surface area (Å²) in [7, 11) is 0. The standard InChI is InChI=1S/C12H22N2O2S/c1-10-12(16)14(9-11(15)13-10)7-5-3-4-6-8-17-2/h10H,3-9H2,1-2H3,(H,13,15). The van der Waals surface area contributed by atoms with E-state index in [0.29, 0.717) is 0 Å². The first-order valence-corrected chi connectivity index (χ1v) is 7.61. The molecule has 1 unspecified atom stereocenters. The van der Waals surface area contributed by atoms with Crippen LogP contribution in [-0.4, -0.2) is 47.9 Å². The van der Waals surface area contributed by atoms with Crippen LogP contribution in [0.15, 0.2) is 0 Å². The molecule has 2 amide bonds. The first-order valence-electron chi connectivity index (χ1n) is 6.22. The summed E-state index contributed by atoms with van der Waals surface area (Å²) in [5.41, 5.74) is 0. The number of nitrogens with one attached hydrogen (secondary N) is 1. The van der Waals surface area contributed by atoms with Gasteiger partial charge in [-0.15, -0.1) is 0 Å². The zero-order valence-corrected chi connectivity index (χ0v) is 11.5. The molecule has 1 rings (SSSR count). The second kappa shape index (κ2) is 7.58. The van der Waals surface area contributed by atoms with E-state index in [1.807, 2.05) is 11.8 Å². The van der Waals surface area contributed by atoms with Crippen molar-refractivity contribution in [3.63, 3.8) is 0 Å². The van der Waals surface area contributed by atoms with E-state index in [0.717, 1.165) is 19.4 Å². The van der Waals surface area contributed by atoms with E-state index in [2.05, 4.69) is 11.6 Å². The molecule has 0 aromatic heterocycles. The highest BCUT2D eigenvalue weighted by Gasteiger charge is 2.28. The van der Waals surface area contributed by atoms with Crippen LogP contribution in [0.1, 0.15) is 32.6 Å². The molecule has 1 aliphatic heterocycles. The lowest BCUT2D eigenvalue weighted by Crippen LogP contribution is -2.56. The maximum absolute atomic E-state index is 11.7. The molecule has 0 aromatic rings. The van der Waals surface area contributed by atoms with Crippen molar-refractivity contribution in [3.8, 4) is 0 Å². The van der Waals surface area contributed by atoms with E-state index >= 15 is 0 Å². The van der Waals surface area contributed by atoms with Crippen LogP contribution in [0.5, 0.6) is 0 Å². The first kappa shape index (κ1) is 14.4. The van der Waals surface area contributed by atoms with Crippen LogP contribution in [0.4, 0.5) is 0 Å². The quantitative estimate of drug-likeness (QED) is 0.699. The molecule has 0 saturated carbocycles. The molecule has 1 fully saturated rings. The van der Waals surface area contributed by atoms with Gasteiger partial charge in [-0.1, -0.05) is 12.8 Å². The second-order valence-corrected chi connectivity index (χ2v) is 5.44. The van der Waals surface area contributed by atoms with Crippen molar-refractivity contribution in [1.82, 2.24) is 10.2 Å². The molecule has 17 heavy (non-hydrogen) atoms. The summed E-state index contributed by atoms with van der Waals surface area (Å²) in [5.74, 6) is 1.22. The Bertz CT molecular complexity index is 271. The fraction of sp³-hybridized carbons (Fsp3) is 0.833. The third-order valence-electron chi connectivity index (χ3n) is 2.92. The zero-order valence-electron chi connectivity index (χ0n) is 10.7. The highest BCUT2D eigenvalue weighted by atomic mass is 32.2. The van der Waals surface area contributed by atoms with Gasteiger partial charge in [0.25, 0.3) is 0 Å². The smallest absolute Gasteiger partial charge is 0.245 e. The van der Waals surface area contributed by atoms with E-state index in [4.69, 9.17) is 0 Å². The minimum absolute atomic E-state index is 0.0421. The molecule has 0 aromatic carbocycles. The molecule has 0 radical (unpaired) electrons. The molecule has 4 nitrogen and oxygen atoms in total. The van der Waals surface area contributed by atoms with Gasteiger partial charge in [0.1, 0.15) is 6.04 Å². The Kier molecular flexibility index (Phi) is 6.40. The summed E-state index contributed by atoms with van der Waals surface area (Å²) >= 11 is 1.87. The van der Waals surface area contributed by atoms with Crippen LogP contribution in [0.25, 0.3) is 0 Å². The average molecular weight is 258 g/mol. The van der Waals surface area contributed by atoms with Crippen molar-refractivity contribution >= 4 is 23.6 Å². The number of carbonyl (C=O) groups is 2. The molecule has 1 heterocycles. The van der Waals surface area contributed by atoms with Crippen LogP contribution in [-0.2, 0) is 9.59 Å². The van der Waals surface area contributed by atoms with Gasteiger partial charge in [-0.05, 0) is 31.8 Å². The van der Waals surface area contributed by atoms with Crippen molar-refractivity contribution in [2.75, 3.05) is 25.1 Å². The lowest BCUT2D eigenvalue weighted by Gasteiger charge is -2.30. The van der Waals surface area contributed by atoms with Gasteiger partial charge < -0.3 is 10.2 Å². The Morgan fingerprint density at radius 1 is 1.29 bits per heavy atom. The largest absolute Gasteiger partial charge is 0.343 e. The molecule has 1 atom stereocenters. The number of unbranched alkanes of at least 4 members (excludes halogenated alkanes) is 3. The maximum atomic E-state index is 11.7. The van der Waals surface area contributed by atoms with E-state index in [9.17, 15) is 9.59 Å². The Balaban J connectivity index is 2.17. The summed E-state index contributed by atoms with van der Waals surface area (Å²) in [5, 5.41) is 2.64. The fourth-order valence-electron chi connectivity index (χ4n) is 1.97. The number of thioether (sulfide) groups is 1. The number of amides is 2. The summed E-state index contributed by atoms with van der Waals surface area (Å²) in [6.45, 7) is 2.69. The van der Waals surface area contributed by atoms with E-state index in [1.165, 1.54) is 18.6 Å². The Morgan fingerprint density at radius 2 is 2.00 bits per heavy atom. The van der Waals surface area contributed by atoms with Gasteiger partial charge in [0, 0.05) is 6.54 Å². The van der Waals surface area contributed by atoms with Crippen LogP contribution in [0.3, 0.4) is 0 Å². The molecular formula is C12H22N2O2S. The van der Waals surface area contributed by atoms with Crippen LogP contribution >= 0.6 is 11.8 Å². The molecular weight excluding hydrogens is 236 g/mol. The van der Waals surface area contributed by atoms with Gasteiger partial charge in [0.15, 0.2) is 0 Å². The van der Waals surface area contributed by atoms with Crippen molar-refractivity contribution in [3.05, 3.63) is 0 Å². The van der Waals surface area contributed by atoms with Gasteiger partial charge in [-0.25, -0.2) is 0 Å². The molecule has 0 bridgehead atoms.